The lowest BCUT2D eigenvalue weighted by atomic mass is 9.96. The Bertz CT molecular complexity index is 451. The predicted octanol–water partition coefficient (Wildman–Crippen LogP) is 1.35. The highest BCUT2D eigenvalue weighted by Gasteiger charge is 2.39. The number of carboxylic acids is 1. The van der Waals surface area contributed by atoms with Gasteiger partial charge in [0.15, 0.2) is 0 Å². The van der Waals surface area contributed by atoms with Gasteiger partial charge in [0.25, 0.3) is 0 Å². The van der Waals surface area contributed by atoms with Crippen molar-refractivity contribution in [3.63, 3.8) is 0 Å². The summed E-state index contributed by atoms with van der Waals surface area (Å²) in [5.41, 5.74) is 0. The average molecular weight is 310 g/mol. The van der Waals surface area contributed by atoms with Crippen LogP contribution in [0.15, 0.2) is 0 Å². The summed E-state index contributed by atoms with van der Waals surface area (Å²) >= 11 is 0. The lowest BCUT2D eigenvalue weighted by Gasteiger charge is -2.32. The largest absolute Gasteiger partial charge is 0.481 e. The summed E-state index contributed by atoms with van der Waals surface area (Å²) in [6, 6.07) is 0.170. The van der Waals surface area contributed by atoms with Gasteiger partial charge in [-0.2, -0.15) is 0 Å². The van der Waals surface area contributed by atoms with Crippen LogP contribution >= 0.6 is 0 Å². The number of amides is 2. The molecule has 6 nitrogen and oxygen atoms in total. The van der Waals surface area contributed by atoms with Crippen LogP contribution in [0.5, 0.6) is 0 Å². The van der Waals surface area contributed by atoms with E-state index in [2.05, 4.69) is 6.92 Å². The lowest BCUT2D eigenvalue weighted by Crippen LogP contribution is -2.45. The summed E-state index contributed by atoms with van der Waals surface area (Å²) in [4.78, 5) is 39.3. The maximum absolute atomic E-state index is 12.6. The van der Waals surface area contributed by atoms with E-state index in [4.69, 9.17) is 5.11 Å². The fraction of sp³-hybridized carbons (Fsp3) is 0.812. The van der Waals surface area contributed by atoms with Crippen molar-refractivity contribution in [2.24, 2.45) is 11.8 Å². The number of carbonyl (C=O) groups is 3. The second-order valence-corrected chi connectivity index (χ2v) is 6.55. The molecular formula is C16H26N2O4. The zero-order valence-corrected chi connectivity index (χ0v) is 13.5. The molecule has 2 fully saturated rings. The van der Waals surface area contributed by atoms with Crippen molar-refractivity contribution in [1.82, 2.24) is 9.80 Å². The van der Waals surface area contributed by atoms with Gasteiger partial charge in [0, 0.05) is 32.1 Å². The molecule has 0 spiro atoms. The topological polar surface area (TPSA) is 77.9 Å². The first-order chi connectivity index (χ1) is 10.4. The molecule has 0 aromatic heterocycles. The summed E-state index contributed by atoms with van der Waals surface area (Å²) in [6.07, 6.45) is 3.57. The van der Waals surface area contributed by atoms with Crippen LogP contribution in [0, 0.1) is 11.8 Å². The first kappa shape index (κ1) is 16.8. The Balaban J connectivity index is 1.96. The molecule has 0 radical (unpaired) electrons. The van der Waals surface area contributed by atoms with Crippen molar-refractivity contribution in [2.45, 2.75) is 52.0 Å². The van der Waals surface area contributed by atoms with Crippen molar-refractivity contribution in [3.05, 3.63) is 0 Å². The molecule has 2 aliphatic rings. The van der Waals surface area contributed by atoms with Crippen LogP contribution < -0.4 is 0 Å². The molecule has 1 N–H and O–H groups in total. The zero-order valence-electron chi connectivity index (χ0n) is 13.5. The number of hydrogen-bond donors (Lipinski definition) is 1. The van der Waals surface area contributed by atoms with Crippen molar-refractivity contribution in [1.29, 1.82) is 0 Å². The third-order valence-electron chi connectivity index (χ3n) is 4.83. The van der Waals surface area contributed by atoms with E-state index in [1.165, 1.54) is 0 Å². The first-order valence-electron chi connectivity index (χ1n) is 8.25. The minimum Gasteiger partial charge on any atom is -0.481 e. The zero-order chi connectivity index (χ0) is 16.3. The van der Waals surface area contributed by atoms with Crippen LogP contribution in [-0.4, -0.2) is 58.4 Å². The molecule has 2 aliphatic heterocycles. The Morgan fingerprint density at radius 1 is 1.32 bits per heavy atom. The average Bonchev–Trinajstić information content (AvgIpc) is 2.89. The molecule has 0 aliphatic carbocycles. The monoisotopic (exact) mass is 310 g/mol. The van der Waals surface area contributed by atoms with E-state index in [1.54, 1.807) is 4.90 Å². The number of rotatable bonds is 5. The van der Waals surface area contributed by atoms with E-state index in [1.807, 2.05) is 11.8 Å². The maximum atomic E-state index is 12.6. The van der Waals surface area contributed by atoms with E-state index in [0.717, 1.165) is 19.3 Å². The van der Waals surface area contributed by atoms with Gasteiger partial charge < -0.3 is 14.9 Å². The fourth-order valence-corrected chi connectivity index (χ4v) is 3.53. The minimum atomic E-state index is -0.835. The number of aliphatic carboxylic acids is 1. The Morgan fingerprint density at radius 3 is 2.68 bits per heavy atom. The van der Waals surface area contributed by atoms with Gasteiger partial charge in [0.05, 0.1) is 11.8 Å². The number of carboxylic acid groups (broad SMARTS) is 1. The molecule has 2 amide bonds. The molecule has 124 valence electrons. The second kappa shape index (κ2) is 7.11. The van der Waals surface area contributed by atoms with Gasteiger partial charge in [-0.15, -0.1) is 0 Å². The van der Waals surface area contributed by atoms with E-state index < -0.39 is 11.9 Å². The van der Waals surface area contributed by atoms with Crippen LogP contribution in [0.3, 0.4) is 0 Å². The summed E-state index contributed by atoms with van der Waals surface area (Å²) in [6.45, 7) is 5.48. The Hall–Kier alpha value is -1.59. The summed E-state index contributed by atoms with van der Waals surface area (Å²) < 4.78 is 0. The second-order valence-electron chi connectivity index (χ2n) is 6.55. The van der Waals surface area contributed by atoms with Crippen LogP contribution in [-0.2, 0) is 14.4 Å². The summed E-state index contributed by atoms with van der Waals surface area (Å²) in [5.74, 6) is -1.61. The highest BCUT2D eigenvalue weighted by Crippen LogP contribution is 2.26. The predicted molar refractivity (Wildman–Crippen MR) is 81.1 cm³/mol. The number of piperidine rings is 1. The molecule has 2 rings (SSSR count). The van der Waals surface area contributed by atoms with Gasteiger partial charge in [-0.3, -0.25) is 14.4 Å². The van der Waals surface area contributed by atoms with E-state index in [9.17, 15) is 14.4 Å². The normalized spacial score (nSPS) is 27.1. The van der Waals surface area contributed by atoms with Crippen LogP contribution in [0.25, 0.3) is 0 Å². The number of carbonyl (C=O) groups excluding carboxylic acids is 2. The number of hydrogen-bond acceptors (Lipinski definition) is 3. The van der Waals surface area contributed by atoms with Gasteiger partial charge >= 0.3 is 5.97 Å². The highest BCUT2D eigenvalue weighted by molar-refractivity contribution is 5.89. The Labute approximate surface area is 131 Å². The molecule has 3 unspecified atom stereocenters. The van der Waals surface area contributed by atoms with Gasteiger partial charge in [0.1, 0.15) is 0 Å². The Kier molecular flexibility index (Phi) is 5.42. The van der Waals surface area contributed by atoms with Gasteiger partial charge in [-0.25, -0.2) is 0 Å². The van der Waals surface area contributed by atoms with E-state index >= 15 is 0 Å². The Morgan fingerprint density at radius 2 is 2.05 bits per heavy atom. The summed E-state index contributed by atoms with van der Waals surface area (Å²) in [7, 11) is 0. The number of likely N-dealkylation sites (tertiary alicyclic amines) is 2. The standard InChI is InChI=1S/C16H26N2O4/c1-3-5-11(2)18-10-13(8-14(18)19)15(20)17-7-4-6-12(9-17)16(21)22/h11-13H,3-10H2,1-2H3,(H,21,22). The third kappa shape index (κ3) is 3.59. The van der Waals surface area contributed by atoms with Gasteiger partial charge in [-0.1, -0.05) is 13.3 Å². The molecule has 6 heteroatoms. The smallest absolute Gasteiger partial charge is 0.308 e. The van der Waals surface area contributed by atoms with E-state index in [0.29, 0.717) is 19.5 Å². The SMILES string of the molecule is CCCC(C)N1CC(C(=O)N2CCCC(C(=O)O)C2)CC1=O. The van der Waals surface area contributed by atoms with Gasteiger partial charge in [0.2, 0.25) is 11.8 Å². The molecule has 0 saturated carbocycles. The van der Waals surface area contributed by atoms with Crippen molar-refractivity contribution in [3.8, 4) is 0 Å². The highest BCUT2D eigenvalue weighted by atomic mass is 16.4. The molecule has 2 saturated heterocycles. The quantitative estimate of drug-likeness (QED) is 0.831. The minimum absolute atomic E-state index is 0.0473. The molecule has 0 aromatic carbocycles. The molecular weight excluding hydrogens is 284 g/mol. The van der Waals surface area contributed by atoms with Crippen LogP contribution in [0.2, 0.25) is 0 Å². The van der Waals surface area contributed by atoms with Crippen molar-refractivity contribution >= 4 is 17.8 Å². The van der Waals surface area contributed by atoms with Crippen molar-refractivity contribution < 1.29 is 19.5 Å². The third-order valence-corrected chi connectivity index (χ3v) is 4.83. The summed E-state index contributed by atoms with van der Waals surface area (Å²) in [5, 5.41) is 9.12. The van der Waals surface area contributed by atoms with Crippen LogP contribution in [0.1, 0.15) is 46.0 Å². The molecule has 22 heavy (non-hydrogen) atoms. The number of nitrogens with zero attached hydrogens (tertiary/aromatic N) is 2. The molecule has 0 aromatic rings. The van der Waals surface area contributed by atoms with Gasteiger partial charge in [-0.05, 0) is 26.2 Å². The maximum Gasteiger partial charge on any atom is 0.308 e. The lowest BCUT2D eigenvalue weighted by molar-refractivity contribution is -0.146. The fourth-order valence-electron chi connectivity index (χ4n) is 3.53. The molecule has 2 heterocycles. The van der Waals surface area contributed by atoms with E-state index in [-0.39, 0.29) is 36.7 Å². The first-order valence-corrected chi connectivity index (χ1v) is 8.25. The van der Waals surface area contributed by atoms with Crippen LogP contribution in [0.4, 0.5) is 0 Å². The van der Waals surface area contributed by atoms with Crippen molar-refractivity contribution in [2.75, 3.05) is 19.6 Å². The molecule has 3 atom stereocenters. The molecule has 0 bridgehead atoms.